The lowest BCUT2D eigenvalue weighted by Crippen LogP contribution is -2.03. The maximum atomic E-state index is 11.2. The summed E-state index contributed by atoms with van der Waals surface area (Å²) in [5.74, 6) is 0.681. The molecule has 0 bridgehead atoms. The predicted octanol–water partition coefficient (Wildman–Crippen LogP) is 3.68. The number of methoxy groups -OCH3 is 1. The molecule has 82 valence electrons. The van der Waals surface area contributed by atoms with Crippen molar-refractivity contribution in [2.75, 3.05) is 7.11 Å². The molecule has 0 N–H and O–H groups in total. The number of ether oxygens (including phenoxy) is 1. The van der Waals surface area contributed by atoms with Crippen molar-refractivity contribution in [1.82, 2.24) is 0 Å². The van der Waals surface area contributed by atoms with Gasteiger partial charge >= 0.3 is 0 Å². The van der Waals surface area contributed by atoms with Crippen LogP contribution in [0.4, 0.5) is 0 Å². The van der Waals surface area contributed by atoms with Crippen LogP contribution in [0.25, 0.3) is 0 Å². The first-order chi connectivity index (χ1) is 6.97. The number of ketones is 1. The molecule has 0 radical (unpaired) electrons. The van der Waals surface area contributed by atoms with Crippen molar-refractivity contribution in [3.63, 3.8) is 0 Å². The van der Waals surface area contributed by atoms with Gasteiger partial charge in [0.1, 0.15) is 11.5 Å². The van der Waals surface area contributed by atoms with Crippen molar-refractivity contribution < 1.29 is 9.53 Å². The minimum Gasteiger partial charge on any atom is -0.495 e. The van der Waals surface area contributed by atoms with Crippen LogP contribution in [0.5, 0.6) is 5.75 Å². The van der Waals surface area contributed by atoms with Crippen LogP contribution >= 0.6 is 27.5 Å². The highest BCUT2D eigenvalue weighted by molar-refractivity contribution is 9.09. The van der Waals surface area contributed by atoms with Gasteiger partial charge in [0.15, 0.2) is 0 Å². The normalized spacial score (nSPS) is 12.3. The molecule has 1 rings (SSSR count). The van der Waals surface area contributed by atoms with Gasteiger partial charge in [-0.1, -0.05) is 27.5 Å². The molecule has 0 heterocycles. The van der Waals surface area contributed by atoms with Crippen LogP contribution in [0.1, 0.15) is 22.9 Å². The standard InChI is InChI=1S/C11H12BrClO2/c1-6-4-10(15-3)9(13)5-8(6)11(12)7(2)14/h4-5,11H,1-3H3. The molecule has 1 aromatic rings. The van der Waals surface area contributed by atoms with Crippen LogP contribution in [-0.2, 0) is 4.79 Å². The van der Waals surface area contributed by atoms with Crippen molar-refractivity contribution in [3.8, 4) is 5.75 Å². The van der Waals surface area contributed by atoms with Gasteiger partial charge < -0.3 is 4.74 Å². The number of hydrogen-bond acceptors (Lipinski definition) is 2. The minimum atomic E-state index is -0.305. The summed E-state index contributed by atoms with van der Waals surface area (Å²) in [5, 5.41) is 0.517. The van der Waals surface area contributed by atoms with E-state index in [0.717, 1.165) is 11.1 Å². The van der Waals surface area contributed by atoms with Crippen molar-refractivity contribution in [2.45, 2.75) is 18.7 Å². The molecule has 15 heavy (non-hydrogen) atoms. The van der Waals surface area contributed by atoms with E-state index in [9.17, 15) is 4.79 Å². The van der Waals surface area contributed by atoms with Gasteiger partial charge in [-0.05, 0) is 37.1 Å². The molecule has 4 heteroatoms. The van der Waals surface area contributed by atoms with E-state index in [4.69, 9.17) is 16.3 Å². The van der Waals surface area contributed by atoms with E-state index in [-0.39, 0.29) is 10.6 Å². The van der Waals surface area contributed by atoms with Gasteiger partial charge in [0.05, 0.1) is 17.0 Å². The van der Waals surface area contributed by atoms with E-state index in [1.54, 1.807) is 13.2 Å². The molecular weight excluding hydrogens is 279 g/mol. The Morgan fingerprint density at radius 1 is 1.53 bits per heavy atom. The van der Waals surface area contributed by atoms with Gasteiger partial charge in [-0.3, -0.25) is 4.79 Å². The predicted molar refractivity (Wildman–Crippen MR) is 65.1 cm³/mol. The average Bonchev–Trinajstić information content (AvgIpc) is 2.19. The molecule has 0 spiro atoms. The number of carbonyl (C=O) groups is 1. The molecule has 0 fully saturated rings. The first-order valence-corrected chi connectivity index (χ1v) is 5.75. The molecule has 0 aliphatic carbocycles. The zero-order valence-corrected chi connectivity index (χ0v) is 11.1. The number of Topliss-reactive ketones (excluding diaryl/α,β-unsaturated/α-hetero) is 1. The van der Waals surface area contributed by atoms with E-state index < -0.39 is 0 Å². The summed E-state index contributed by atoms with van der Waals surface area (Å²) in [6.45, 7) is 3.46. The van der Waals surface area contributed by atoms with Gasteiger partial charge in [0.2, 0.25) is 0 Å². The molecule has 1 unspecified atom stereocenters. The van der Waals surface area contributed by atoms with E-state index in [2.05, 4.69) is 15.9 Å². The van der Waals surface area contributed by atoms with E-state index in [1.807, 2.05) is 13.0 Å². The Balaban J connectivity index is 3.21. The first-order valence-electron chi connectivity index (χ1n) is 4.46. The fourth-order valence-corrected chi connectivity index (χ4v) is 2.06. The molecule has 0 saturated carbocycles. The molecule has 1 atom stereocenters. The second-order valence-corrected chi connectivity index (χ2v) is 4.64. The molecule has 0 saturated heterocycles. The van der Waals surface area contributed by atoms with E-state index in [0.29, 0.717) is 10.8 Å². The van der Waals surface area contributed by atoms with Crippen LogP contribution in [0.2, 0.25) is 5.02 Å². The Morgan fingerprint density at radius 2 is 2.13 bits per heavy atom. The second-order valence-electron chi connectivity index (χ2n) is 3.32. The van der Waals surface area contributed by atoms with Crippen molar-refractivity contribution in [2.24, 2.45) is 0 Å². The summed E-state index contributed by atoms with van der Waals surface area (Å²) in [7, 11) is 1.57. The fraction of sp³-hybridized carbons (Fsp3) is 0.364. The number of alkyl halides is 1. The average molecular weight is 292 g/mol. The Hall–Kier alpha value is -0.540. The maximum Gasteiger partial charge on any atom is 0.147 e. The van der Waals surface area contributed by atoms with Crippen LogP contribution in [-0.4, -0.2) is 12.9 Å². The largest absolute Gasteiger partial charge is 0.495 e. The maximum absolute atomic E-state index is 11.2. The Bertz CT molecular complexity index is 390. The lowest BCUT2D eigenvalue weighted by molar-refractivity contribution is -0.116. The smallest absolute Gasteiger partial charge is 0.147 e. The molecule has 2 nitrogen and oxygen atoms in total. The quantitative estimate of drug-likeness (QED) is 0.794. The monoisotopic (exact) mass is 290 g/mol. The number of rotatable bonds is 3. The summed E-state index contributed by atoms with van der Waals surface area (Å²) in [5.41, 5.74) is 1.86. The molecule has 1 aromatic carbocycles. The summed E-state index contributed by atoms with van der Waals surface area (Å²) >= 11 is 9.33. The van der Waals surface area contributed by atoms with E-state index >= 15 is 0 Å². The summed E-state index contributed by atoms with van der Waals surface area (Å²) < 4.78 is 5.09. The van der Waals surface area contributed by atoms with Gasteiger partial charge in [0.25, 0.3) is 0 Å². The topological polar surface area (TPSA) is 26.3 Å². The number of hydrogen-bond donors (Lipinski definition) is 0. The van der Waals surface area contributed by atoms with Crippen LogP contribution in [0.3, 0.4) is 0 Å². The highest BCUT2D eigenvalue weighted by atomic mass is 79.9. The third kappa shape index (κ3) is 2.73. The highest BCUT2D eigenvalue weighted by Gasteiger charge is 2.17. The minimum absolute atomic E-state index is 0.0549. The van der Waals surface area contributed by atoms with Crippen molar-refractivity contribution >= 4 is 33.3 Å². The molecule has 0 amide bonds. The number of carbonyl (C=O) groups excluding carboxylic acids is 1. The number of benzene rings is 1. The fourth-order valence-electron chi connectivity index (χ4n) is 1.32. The third-order valence-corrected chi connectivity index (χ3v) is 3.60. The SMILES string of the molecule is COc1cc(C)c(C(Br)C(C)=O)cc1Cl. The molecule has 0 aliphatic heterocycles. The first kappa shape index (κ1) is 12.5. The van der Waals surface area contributed by atoms with Crippen LogP contribution < -0.4 is 4.74 Å². The molecule has 0 aliphatic rings. The second kappa shape index (κ2) is 4.99. The van der Waals surface area contributed by atoms with Crippen LogP contribution in [0, 0.1) is 6.92 Å². The summed E-state index contributed by atoms with van der Waals surface area (Å²) in [4.78, 5) is 10.9. The number of aryl methyl sites for hydroxylation is 1. The van der Waals surface area contributed by atoms with Gasteiger partial charge in [-0.25, -0.2) is 0 Å². The third-order valence-electron chi connectivity index (χ3n) is 2.17. The van der Waals surface area contributed by atoms with Crippen LogP contribution in [0.15, 0.2) is 12.1 Å². The Labute approximate surface area is 103 Å². The van der Waals surface area contributed by atoms with Gasteiger partial charge in [-0.15, -0.1) is 0 Å². The molecular formula is C11H12BrClO2. The van der Waals surface area contributed by atoms with Gasteiger partial charge in [-0.2, -0.15) is 0 Å². The highest BCUT2D eigenvalue weighted by Crippen LogP contribution is 2.34. The Morgan fingerprint density at radius 3 is 2.60 bits per heavy atom. The Kier molecular flexibility index (Phi) is 4.17. The summed E-state index contributed by atoms with van der Waals surface area (Å²) in [6, 6.07) is 3.59. The van der Waals surface area contributed by atoms with E-state index in [1.165, 1.54) is 6.92 Å². The summed E-state index contributed by atoms with van der Waals surface area (Å²) in [6.07, 6.45) is 0. The lowest BCUT2D eigenvalue weighted by atomic mass is 10.0. The zero-order chi connectivity index (χ0) is 11.6. The lowest BCUT2D eigenvalue weighted by Gasteiger charge is -2.13. The zero-order valence-electron chi connectivity index (χ0n) is 8.80. The van der Waals surface area contributed by atoms with Crippen molar-refractivity contribution in [1.29, 1.82) is 0 Å². The molecule has 0 aromatic heterocycles. The van der Waals surface area contributed by atoms with Crippen molar-refractivity contribution in [3.05, 3.63) is 28.3 Å². The van der Waals surface area contributed by atoms with Gasteiger partial charge in [0, 0.05) is 0 Å². The number of halogens is 2.